The van der Waals surface area contributed by atoms with Gasteiger partial charge in [0.25, 0.3) is 5.92 Å². The highest BCUT2D eigenvalue weighted by Gasteiger charge is 2.62. The second-order valence-corrected chi connectivity index (χ2v) is 17.6. The van der Waals surface area contributed by atoms with Crippen LogP contribution in [0, 0.1) is 17.3 Å². The van der Waals surface area contributed by atoms with Gasteiger partial charge in [-0.15, -0.1) is 0 Å². The zero-order chi connectivity index (χ0) is 40.9. The molecule has 2 aromatic carbocycles. The van der Waals surface area contributed by atoms with Gasteiger partial charge in [0.15, 0.2) is 0 Å². The van der Waals surface area contributed by atoms with Gasteiger partial charge >= 0.3 is 6.09 Å². The molecule has 2 aliphatic heterocycles. The number of nitrogens with zero attached hydrogens (tertiary/aromatic N) is 4. The standard InChI is InChI=1S/C45H55F2N7O4/c1-26(2)22-37(55)53-20-8-10-35(53)40-49-25-34(51-40)31-17-16-30(38-32(31)23-44(45(38,46)47)18-6-7-19-44)28-12-14-29(15-13-28)33-24-48-41(50-33)36-11-9-21-54(36)42(56)39(27(3)4)52-43(57)58-5/h12-17,24-27,35-36,39H,6-11,18-23H2,1-5H3,(H,48,50)(H,49,51)(H,52,57)/t35-,36-,39-/m0/s1. The number of alkyl halides is 2. The molecule has 2 aliphatic carbocycles. The number of methoxy groups -OCH3 is 1. The SMILES string of the molecule is COC(=O)N[C@H](C(=O)N1CCC[C@H]1c1ncc(-c2ccc(-c3ccc(-c4cnc([C@@H]5CCCN5C(=O)CC(C)C)[nH]4)c4c3C(F)(F)C3(CCCC3)C4)cc2)[nH]1)C(C)C. The number of alkyl carbamates (subject to hydrolysis) is 1. The Bertz CT molecular complexity index is 2170. The number of ether oxygens (including phenoxy) is 1. The summed E-state index contributed by atoms with van der Waals surface area (Å²) < 4.78 is 38.9. The van der Waals surface area contributed by atoms with E-state index in [1.165, 1.54) is 7.11 Å². The second kappa shape index (κ2) is 15.6. The monoisotopic (exact) mass is 795 g/mol. The lowest BCUT2D eigenvalue weighted by Crippen LogP contribution is -2.51. The Hall–Kier alpha value is -5.07. The number of carbonyl (C=O) groups excluding carboxylic acids is 3. The molecule has 4 heterocycles. The number of nitrogens with one attached hydrogen (secondary N) is 3. The van der Waals surface area contributed by atoms with E-state index in [1.807, 2.05) is 69.0 Å². The Morgan fingerprint density at radius 2 is 1.41 bits per heavy atom. The number of amides is 3. The van der Waals surface area contributed by atoms with Crippen molar-refractivity contribution in [2.75, 3.05) is 20.2 Å². The molecule has 3 atom stereocenters. The number of halogens is 2. The summed E-state index contributed by atoms with van der Waals surface area (Å²) in [5.41, 5.74) is 3.98. The lowest BCUT2D eigenvalue weighted by molar-refractivity contribution is -0.135. The Labute approximate surface area is 338 Å². The van der Waals surface area contributed by atoms with Crippen LogP contribution in [0.15, 0.2) is 48.8 Å². The number of hydrogen-bond acceptors (Lipinski definition) is 6. The molecule has 2 aromatic heterocycles. The first-order chi connectivity index (χ1) is 27.8. The third-order valence-corrected chi connectivity index (χ3v) is 13.1. The Balaban J connectivity index is 1.07. The molecule has 1 saturated carbocycles. The highest BCUT2D eigenvalue weighted by atomic mass is 19.3. The van der Waals surface area contributed by atoms with E-state index in [9.17, 15) is 14.4 Å². The van der Waals surface area contributed by atoms with Crippen LogP contribution in [0.4, 0.5) is 13.6 Å². The average Bonchev–Trinajstić information content (AvgIpc) is 4.06. The third-order valence-electron chi connectivity index (χ3n) is 13.1. The second-order valence-electron chi connectivity index (χ2n) is 17.6. The van der Waals surface area contributed by atoms with Crippen LogP contribution >= 0.6 is 0 Å². The van der Waals surface area contributed by atoms with Gasteiger partial charge < -0.3 is 29.8 Å². The zero-order valence-corrected chi connectivity index (χ0v) is 34.2. The van der Waals surface area contributed by atoms with E-state index in [1.54, 1.807) is 17.3 Å². The predicted molar refractivity (Wildman–Crippen MR) is 217 cm³/mol. The molecule has 1 spiro atoms. The fourth-order valence-electron chi connectivity index (χ4n) is 10.1. The minimum absolute atomic E-state index is 0.113. The zero-order valence-electron chi connectivity index (χ0n) is 34.2. The summed E-state index contributed by atoms with van der Waals surface area (Å²) in [6.45, 7) is 9.10. The molecule has 0 radical (unpaired) electrons. The van der Waals surface area contributed by atoms with Crippen molar-refractivity contribution in [3.05, 3.63) is 71.6 Å². The molecule has 4 aromatic rings. The molecule has 2 saturated heterocycles. The molecule has 3 amide bonds. The van der Waals surface area contributed by atoms with Crippen LogP contribution in [-0.4, -0.2) is 73.9 Å². The molecule has 13 heteroatoms. The van der Waals surface area contributed by atoms with Crippen molar-refractivity contribution in [1.82, 2.24) is 35.1 Å². The summed E-state index contributed by atoms with van der Waals surface area (Å²) >= 11 is 0. The number of hydrogen-bond donors (Lipinski definition) is 3. The molecule has 58 heavy (non-hydrogen) atoms. The summed E-state index contributed by atoms with van der Waals surface area (Å²) in [6.07, 6.45) is 9.45. The summed E-state index contributed by atoms with van der Waals surface area (Å²) in [5, 5.41) is 2.69. The quantitative estimate of drug-likeness (QED) is 0.147. The van der Waals surface area contributed by atoms with Gasteiger partial charge in [-0.25, -0.2) is 23.5 Å². The first-order valence-corrected chi connectivity index (χ1v) is 21.0. The number of imidazole rings is 2. The molecule has 308 valence electrons. The maximum Gasteiger partial charge on any atom is 0.407 e. The van der Waals surface area contributed by atoms with Crippen LogP contribution in [0.3, 0.4) is 0 Å². The first kappa shape index (κ1) is 39.7. The van der Waals surface area contributed by atoms with Crippen molar-refractivity contribution in [1.29, 1.82) is 0 Å². The van der Waals surface area contributed by atoms with Gasteiger partial charge in [0.1, 0.15) is 17.7 Å². The fourth-order valence-corrected chi connectivity index (χ4v) is 10.1. The molecule has 4 aliphatic rings. The normalized spacial score (nSPS) is 21.3. The first-order valence-electron chi connectivity index (χ1n) is 21.0. The van der Waals surface area contributed by atoms with E-state index in [2.05, 4.69) is 20.3 Å². The highest BCUT2D eigenvalue weighted by molar-refractivity contribution is 5.86. The summed E-state index contributed by atoms with van der Waals surface area (Å²) in [6, 6.07) is 10.3. The number of benzene rings is 2. The van der Waals surface area contributed by atoms with Gasteiger partial charge in [0.2, 0.25) is 11.8 Å². The lowest BCUT2D eigenvalue weighted by Gasteiger charge is -2.31. The number of rotatable bonds is 10. The maximum absolute atomic E-state index is 17.1. The molecular weight excluding hydrogens is 741 g/mol. The van der Waals surface area contributed by atoms with Crippen molar-refractivity contribution in [3.8, 4) is 33.6 Å². The van der Waals surface area contributed by atoms with Crippen LogP contribution in [0.5, 0.6) is 0 Å². The largest absolute Gasteiger partial charge is 0.453 e. The van der Waals surface area contributed by atoms with Gasteiger partial charge in [-0.2, -0.15) is 0 Å². The van der Waals surface area contributed by atoms with E-state index in [4.69, 9.17) is 9.72 Å². The Morgan fingerprint density at radius 3 is 2.05 bits per heavy atom. The van der Waals surface area contributed by atoms with Gasteiger partial charge in [0.05, 0.1) is 43.0 Å². The van der Waals surface area contributed by atoms with Gasteiger partial charge in [-0.05, 0) is 79.0 Å². The van der Waals surface area contributed by atoms with E-state index >= 15 is 8.78 Å². The van der Waals surface area contributed by atoms with Crippen molar-refractivity contribution in [3.63, 3.8) is 0 Å². The molecule has 3 fully saturated rings. The number of H-pyrrole nitrogens is 2. The molecule has 0 unspecified atom stereocenters. The molecular formula is C45H55F2N7O4. The van der Waals surface area contributed by atoms with Crippen LogP contribution < -0.4 is 5.32 Å². The number of carbonyl (C=O) groups is 3. The maximum atomic E-state index is 17.1. The van der Waals surface area contributed by atoms with Crippen LogP contribution in [0.25, 0.3) is 33.6 Å². The number of aromatic nitrogens is 4. The van der Waals surface area contributed by atoms with Crippen LogP contribution in [0.1, 0.15) is 120 Å². The van der Waals surface area contributed by atoms with E-state index in [0.717, 1.165) is 55.3 Å². The van der Waals surface area contributed by atoms with Gasteiger partial charge in [-0.3, -0.25) is 9.59 Å². The van der Waals surface area contributed by atoms with Crippen molar-refractivity contribution >= 4 is 17.9 Å². The minimum Gasteiger partial charge on any atom is -0.453 e. The van der Waals surface area contributed by atoms with E-state index in [0.29, 0.717) is 72.8 Å². The number of aromatic amines is 2. The van der Waals surface area contributed by atoms with Gasteiger partial charge in [-0.1, -0.05) is 76.9 Å². The Morgan fingerprint density at radius 1 is 0.828 bits per heavy atom. The summed E-state index contributed by atoms with van der Waals surface area (Å²) in [5.74, 6) is -1.58. The minimum atomic E-state index is -3.01. The summed E-state index contributed by atoms with van der Waals surface area (Å²) in [7, 11) is 1.28. The average molecular weight is 796 g/mol. The topological polar surface area (TPSA) is 136 Å². The number of likely N-dealkylation sites (tertiary alicyclic amines) is 2. The molecule has 3 N–H and O–H groups in total. The molecule has 0 bridgehead atoms. The Kier molecular flexibility index (Phi) is 10.7. The third kappa shape index (κ3) is 6.97. The van der Waals surface area contributed by atoms with Crippen LogP contribution in [0.2, 0.25) is 0 Å². The fraction of sp³-hybridized carbons (Fsp3) is 0.533. The molecule has 11 nitrogen and oxygen atoms in total. The smallest absolute Gasteiger partial charge is 0.407 e. The van der Waals surface area contributed by atoms with Crippen LogP contribution in [-0.2, 0) is 26.7 Å². The van der Waals surface area contributed by atoms with Crippen molar-refractivity contribution < 1.29 is 27.9 Å². The van der Waals surface area contributed by atoms with Crippen molar-refractivity contribution in [2.45, 2.75) is 116 Å². The summed E-state index contributed by atoms with van der Waals surface area (Å²) in [4.78, 5) is 58.8. The van der Waals surface area contributed by atoms with E-state index in [-0.39, 0.29) is 41.3 Å². The van der Waals surface area contributed by atoms with E-state index < -0.39 is 23.5 Å². The molecule has 8 rings (SSSR count). The van der Waals surface area contributed by atoms with Gasteiger partial charge in [0, 0.05) is 36.1 Å². The predicted octanol–water partition coefficient (Wildman–Crippen LogP) is 9.10. The number of fused-ring (bicyclic) bond motifs is 1. The lowest BCUT2D eigenvalue weighted by atomic mass is 9.79. The highest BCUT2D eigenvalue weighted by Crippen LogP contribution is 2.64. The van der Waals surface area contributed by atoms with Crippen molar-refractivity contribution in [2.24, 2.45) is 17.3 Å².